The number of furan rings is 1. The normalized spacial score (nSPS) is 19.2. The highest BCUT2D eigenvalue weighted by atomic mass is 16.3. The van der Waals surface area contributed by atoms with Gasteiger partial charge < -0.3 is 20.8 Å². The Kier molecular flexibility index (Phi) is 12.4. The summed E-state index contributed by atoms with van der Waals surface area (Å²) >= 11 is 0. The van der Waals surface area contributed by atoms with Crippen molar-refractivity contribution in [3.8, 4) is 33.6 Å². The molecule has 0 fully saturated rings. The lowest BCUT2D eigenvalue weighted by Gasteiger charge is -2.43. The van der Waals surface area contributed by atoms with Gasteiger partial charge in [0.05, 0.1) is 28.5 Å². The van der Waals surface area contributed by atoms with Crippen molar-refractivity contribution in [2.75, 3.05) is 4.90 Å². The van der Waals surface area contributed by atoms with Gasteiger partial charge in [0, 0.05) is 34.1 Å². The molecule has 5 nitrogen and oxygen atoms in total. The number of allylic oxidation sites excluding steroid dienone is 4. The largest absolute Gasteiger partial charge is 0.460 e. The summed E-state index contributed by atoms with van der Waals surface area (Å²) in [6.45, 7) is 9.00. The maximum atomic E-state index is 8.58. The van der Waals surface area contributed by atoms with Crippen LogP contribution in [0.1, 0.15) is 83.9 Å². The molecular weight excluding hydrogens is 1000 g/mol. The first-order valence-electron chi connectivity index (χ1n) is 29.4. The van der Waals surface area contributed by atoms with Crippen molar-refractivity contribution in [1.82, 2.24) is 4.57 Å². The molecule has 4 heterocycles. The number of hydrogen-bond acceptors (Lipinski definition) is 4. The van der Waals surface area contributed by atoms with E-state index in [1.54, 1.807) is 0 Å². The third kappa shape index (κ3) is 8.00. The Morgan fingerprint density at radius 1 is 0.566 bits per heavy atom. The van der Waals surface area contributed by atoms with E-state index in [0.29, 0.717) is 12.2 Å². The molecule has 0 amide bonds. The molecule has 2 aromatic heterocycles. The van der Waals surface area contributed by atoms with Crippen LogP contribution in [0, 0.1) is 0 Å². The number of nitrogens with two attached hydrogens (primary N) is 2. The molecule has 10 heteroatoms. The van der Waals surface area contributed by atoms with Crippen molar-refractivity contribution >= 4 is 111 Å². The second-order valence-corrected chi connectivity index (χ2v) is 24.5. The maximum Gasteiger partial charge on any atom is 0.139 e. The number of fused-ring (bicyclic) bond motifs is 3. The molecule has 398 valence electrons. The zero-order valence-electron chi connectivity index (χ0n) is 49.0. The Morgan fingerprint density at radius 3 is 1.86 bits per heavy atom. The van der Waals surface area contributed by atoms with E-state index in [9.17, 15) is 0 Å². The lowest BCUT2D eigenvalue weighted by molar-refractivity contribution is 0.484. The Hall–Kier alpha value is -8.84. The van der Waals surface area contributed by atoms with E-state index in [4.69, 9.17) is 15.9 Å². The van der Waals surface area contributed by atoms with Gasteiger partial charge in [-0.1, -0.05) is 208 Å². The first-order valence-corrected chi connectivity index (χ1v) is 29.4. The van der Waals surface area contributed by atoms with Crippen LogP contribution >= 0.6 is 0 Å². The Bertz CT molecular complexity index is 4480. The zero-order chi connectivity index (χ0) is 57.2. The van der Waals surface area contributed by atoms with E-state index < -0.39 is 11.6 Å². The first-order chi connectivity index (χ1) is 40.1. The van der Waals surface area contributed by atoms with E-state index >= 15 is 0 Å². The summed E-state index contributed by atoms with van der Waals surface area (Å²) in [5, 5.41) is 2.26. The molecular formula is C73H65B5N4O. The summed E-state index contributed by atoms with van der Waals surface area (Å²) in [5.41, 5.74) is 43.7. The summed E-state index contributed by atoms with van der Waals surface area (Å²) in [5.74, 6) is 2.05. The van der Waals surface area contributed by atoms with Crippen molar-refractivity contribution in [3.63, 3.8) is 0 Å². The quantitative estimate of drug-likeness (QED) is 0.150. The Morgan fingerprint density at radius 2 is 1.17 bits per heavy atom. The molecule has 1 aliphatic carbocycles. The molecule has 0 saturated heterocycles. The topological polar surface area (TPSA) is 73.3 Å². The third-order valence-corrected chi connectivity index (χ3v) is 19.1. The predicted molar refractivity (Wildman–Crippen MR) is 365 cm³/mol. The summed E-state index contributed by atoms with van der Waals surface area (Å²) in [7, 11) is 11.4. The van der Waals surface area contributed by atoms with Crippen LogP contribution < -0.4 is 43.7 Å². The van der Waals surface area contributed by atoms with Crippen LogP contribution in [-0.2, 0) is 17.3 Å². The maximum absolute atomic E-state index is 8.58. The third-order valence-electron chi connectivity index (χ3n) is 19.1. The van der Waals surface area contributed by atoms with Gasteiger partial charge in [0.2, 0.25) is 0 Å². The summed E-state index contributed by atoms with van der Waals surface area (Å²) < 4.78 is 9.61. The van der Waals surface area contributed by atoms with Gasteiger partial charge >= 0.3 is 0 Å². The van der Waals surface area contributed by atoms with Gasteiger partial charge in [-0.3, -0.25) is 4.57 Å². The fraction of sp³-hybridized carbons (Fsp3) is 0.123. The molecule has 0 radical (unpaired) electrons. The summed E-state index contributed by atoms with van der Waals surface area (Å²) in [6.07, 6.45) is 7.13. The van der Waals surface area contributed by atoms with Gasteiger partial charge in [-0.25, -0.2) is 0 Å². The molecule has 0 saturated carbocycles. The van der Waals surface area contributed by atoms with Gasteiger partial charge in [-0.15, -0.1) is 16.4 Å². The van der Waals surface area contributed by atoms with Crippen LogP contribution in [0.4, 0.5) is 11.4 Å². The average Bonchev–Trinajstić information content (AvgIpc) is 1.58. The van der Waals surface area contributed by atoms with Crippen molar-refractivity contribution in [1.29, 1.82) is 0 Å². The van der Waals surface area contributed by atoms with Gasteiger partial charge in [0.15, 0.2) is 0 Å². The van der Waals surface area contributed by atoms with Crippen LogP contribution in [0.15, 0.2) is 222 Å². The van der Waals surface area contributed by atoms with Crippen molar-refractivity contribution in [2.45, 2.75) is 57.0 Å². The van der Waals surface area contributed by atoms with E-state index in [-0.39, 0.29) is 11.3 Å². The first kappa shape index (κ1) is 52.3. The van der Waals surface area contributed by atoms with E-state index in [0.717, 1.165) is 72.5 Å². The van der Waals surface area contributed by atoms with Crippen molar-refractivity contribution in [2.24, 2.45) is 11.5 Å². The molecule has 4 N–H and O–H groups in total. The van der Waals surface area contributed by atoms with Crippen LogP contribution in [0.25, 0.3) is 66.8 Å². The minimum Gasteiger partial charge on any atom is -0.460 e. The standard InChI is InChI=1S/C73H65B5N4O/c1-41-39-60(79)82-56-27-14-12-22-50(56)51-33-34-53-61(59-36-35-58(83-59)44-29-31-46(32-30-44)72(2,3)4)52-25-16-28-57-63(52)73(64(53)70(51)82,38-37-47(41)62-65(74)67(76)69(78)68(77)66(62)75)71(80)81(57)55-26-13-11-21-45(55)40-54-48(42-17-7-5-8-18-42)23-15-24-49(54)43-19-9-6-10-20-43/h5-39,61,71H,40,74-80H2,1-4H3/b38-37+,47-41-,60-39+. The fourth-order valence-electron chi connectivity index (χ4n) is 14.6. The number of aromatic nitrogens is 1. The summed E-state index contributed by atoms with van der Waals surface area (Å²) in [6, 6.07) is 70.9. The average molecular weight is 1070 g/mol. The molecule has 2 aliphatic heterocycles. The number of nitrogens with zero attached hydrogens (tertiary/aromatic N) is 2. The molecule has 9 aromatic carbocycles. The number of anilines is 2. The highest BCUT2D eigenvalue weighted by Crippen LogP contribution is 2.63. The number of benzene rings is 9. The molecule has 1 spiro atoms. The number of hydrogen-bond donors (Lipinski definition) is 2. The molecule has 0 bridgehead atoms. The lowest BCUT2D eigenvalue weighted by Crippen LogP contribution is -2.56. The van der Waals surface area contributed by atoms with Crippen molar-refractivity contribution in [3.05, 3.63) is 268 Å². The number of rotatable bonds is 8. The number of para-hydroxylation sites is 2. The van der Waals surface area contributed by atoms with E-state index in [2.05, 4.69) is 289 Å². The summed E-state index contributed by atoms with van der Waals surface area (Å²) in [4.78, 5) is 2.48. The molecule has 83 heavy (non-hydrogen) atoms. The van der Waals surface area contributed by atoms with Crippen molar-refractivity contribution < 1.29 is 4.42 Å². The smallest absolute Gasteiger partial charge is 0.139 e. The minimum atomic E-state index is -0.953. The monoisotopic (exact) mass is 1070 g/mol. The van der Waals surface area contributed by atoms with Gasteiger partial charge in [-0.05, 0) is 127 Å². The van der Waals surface area contributed by atoms with Crippen LogP contribution in [-0.4, -0.2) is 50.0 Å². The van der Waals surface area contributed by atoms with E-state index in [1.807, 2.05) is 0 Å². The van der Waals surface area contributed by atoms with Gasteiger partial charge in [0.25, 0.3) is 0 Å². The van der Waals surface area contributed by atoms with E-state index in [1.165, 1.54) is 82.9 Å². The van der Waals surface area contributed by atoms with Gasteiger partial charge in [0.1, 0.15) is 56.6 Å². The SMILES string of the molecule is Bc1c(B)c(B)c(C2=C(C)\C=C(/N)n3c4ccccc4c4ccc5c(c43)C3(\C=C\2)c2c(cccc2N(c2ccccc2Cc2c(-c4ccccc4)cccc2-c2ccccc2)C3N)C5c2ccc(-c3ccc(C(C)(C)C)cc3)o2)c(B)c1B. The molecule has 11 aromatic rings. The second kappa shape index (κ2) is 19.7. The Labute approximate surface area is 492 Å². The molecule has 14 rings (SSSR count). The Balaban J connectivity index is 1.07. The minimum absolute atomic E-state index is 0.0259. The van der Waals surface area contributed by atoms with Crippen LogP contribution in [0.5, 0.6) is 0 Å². The molecule has 3 unspecified atom stereocenters. The lowest BCUT2D eigenvalue weighted by atomic mass is 9.59. The molecule has 3 aliphatic rings. The zero-order valence-corrected chi connectivity index (χ0v) is 49.0. The highest BCUT2D eigenvalue weighted by molar-refractivity contribution is 6.68. The van der Waals surface area contributed by atoms with Gasteiger partial charge in [-0.2, -0.15) is 0 Å². The van der Waals surface area contributed by atoms with Crippen LogP contribution in [0.2, 0.25) is 0 Å². The predicted octanol–water partition coefficient (Wildman–Crippen LogP) is 8.59. The molecule has 3 atom stereocenters. The van der Waals surface area contributed by atoms with Crippen LogP contribution in [0.3, 0.4) is 0 Å². The highest BCUT2D eigenvalue weighted by Gasteiger charge is 2.57. The fourth-order valence-corrected chi connectivity index (χ4v) is 14.6. The second-order valence-electron chi connectivity index (χ2n) is 24.5.